The van der Waals surface area contributed by atoms with Gasteiger partial charge >= 0.3 is 0 Å². The maximum atomic E-state index is 4.16. The molecule has 0 spiro atoms. The van der Waals surface area contributed by atoms with Gasteiger partial charge in [-0.1, -0.05) is 30.3 Å². The van der Waals surface area contributed by atoms with Crippen molar-refractivity contribution in [2.24, 2.45) is 0 Å². The maximum Gasteiger partial charge on any atom is 0.00794 e. The van der Waals surface area contributed by atoms with Gasteiger partial charge in [0.1, 0.15) is 0 Å². The first-order valence-corrected chi connectivity index (χ1v) is 5.34. The van der Waals surface area contributed by atoms with Crippen LogP contribution >= 0.6 is 12.6 Å². The van der Waals surface area contributed by atoms with Crippen molar-refractivity contribution in [1.82, 2.24) is 5.32 Å². The molecule has 0 aromatic heterocycles. The molecule has 0 aliphatic rings. The molecule has 0 bridgehead atoms. The molecule has 0 aliphatic heterocycles. The van der Waals surface area contributed by atoms with Gasteiger partial charge in [-0.2, -0.15) is 12.6 Å². The van der Waals surface area contributed by atoms with Gasteiger partial charge in [-0.3, -0.25) is 0 Å². The topological polar surface area (TPSA) is 12.0 Å². The first kappa shape index (κ1) is 10.6. The first-order chi connectivity index (χ1) is 6.33. The van der Waals surface area contributed by atoms with Crippen LogP contribution in [0.5, 0.6) is 0 Å². The van der Waals surface area contributed by atoms with Crippen LogP contribution in [0.25, 0.3) is 0 Å². The van der Waals surface area contributed by atoms with Gasteiger partial charge in [-0.15, -0.1) is 0 Å². The number of hydrogen-bond donors (Lipinski definition) is 2. The van der Waals surface area contributed by atoms with E-state index in [1.807, 2.05) is 0 Å². The van der Waals surface area contributed by atoms with E-state index in [1.165, 1.54) is 5.56 Å². The second-order valence-corrected chi connectivity index (χ2v) is 3.72. The van der Waals surface area contributed by atoms with Crippen LogP contribution in [0.15, 0.2) is 30.3 Å². The van der Waals surface area contributed by atoms with Crippen molar-refractivity contribution in [3.63, 3.8) is 0 Å². The van der Waals surface area contributed by atoms with E-state index in [4.69, 9.17) is 0 Å². The number of thiol groups is 1. The molecule has 0 fully saturated rings. The van der Waals surface area contributed by atoms with E-state index in [1.54, 1.807) is 0 Å². The average Bonchev–Trinajstić information content (AvgIpc) is 2.16. The molecule has 0 amide bonds. The number of benzene rings is 1. The zero-order valence-electron chi connectivity index (χ0n) is 8.03. The highest BCUT2D eigenvalue weighted by atomic mass is 32.1. The van der Waals surface area contributed by atoms with Gasteiger partial charge in [0.15, 0.2) is 0 Å². The van der Waals surface area contributed by atoms with E-state index >= 15 is 0 Å². The zero-order valence-corrected chi connectivity index (χ0v) is 8.93. The van der Waals surface area contributed by atoms with E-state index in [9.17, 15) is 0 Å². The van der Waals surface area contributed by atoms with Crippen molar-refractivity contribution in [2.75, 3.05) is 12.3 Å². The highest BCUT2D eigenvalue weighted by Crippen LogP contribution is 2.02. The van der Waals surface area contributed by atoms with Crippen molar-refractivity contribution in [1.29, 1.82) is 0 Å². The summed E-state index contributed by atoms with van der Waals surface area (Å²) in [6, 6.07) is 11.1. The molecule has 2 heteroatoms. The van der Waals surface area contributed by atoms with Gasteiger partial charge < -0.3 is 5.32 Å². The van der Waals surface area contributed by atoms with Crippen molar-refractivity contribution in [3.8, 4) is 0 Å². The minimum absolute atomic E-state index is 0.537. The highest BCUT2D eigenvalue weighted by molar-refractivity contribution is 7.80. The standard InChI is InChI=1S/C11H17NS/c1-10(12-7-8-13)9-11-5-3-2-4-6-11/h2-6,10,12-13H,7-9H2,1H3. The lowest BCUT2D eigenvalue weighted by molar-refractivity contribution is 0.568. The zero-order chi connectivity index (χ0) is 9.52. The fraction of sp³-hybridized carbons (Fsp3) is 0.455. The van der Waals surface area contributed by atoms with E-state index in [0.717, 1.165) is 18.7 Å². The highest BCUT2D eigenvalue weighted by Gasteiger charge is 2.00. The Morgan fingerprint density at radius 3 is 2.62 bits per heavy atom. The van der Waals surface area contributed by atoms with Crippen LogP contribution in [-0.4, -0.2) is 18.3 Å². The summed E-state index contributed by atoms with van der Waals surface area (Å²) in [5, 5.41) is 3.40. The van der Waals surface area contributed by atoms with Crippen molar-refractivity contribution < 1.29 is 0 Å². The first-order valence-electron chi connectivity index (χ1n) is 4.71. The van der Waals surface area contributed by atoms with Crippen LogP contribution in [0.2, 0.25) is 0 Å². The second kappa shape index (κ2) is 6.06. The smallest absolute Gasteiger partial charge is 0.00794 e. The molecule has 0 saturated carbocycles. The Balaban J connectivity index is 2.32. The molecule has 0 saturated heterocycles. The van der Waals surface area contributed by atoms with Crippen molar-refractivity contribution in [3.05, 3.63) is 35.9 Å². The Bertz CT molecular complexity index is 223. The SMILES string of the molecule is CC(Cc1ccccc1)NCCS. The molecule has 13 heavy (non-hydrogen) atoms. The van der Waals surface area contributed by atoms with Crippen LogP contribution in [0, 0.1) is 0 Å². The van der Waals surface area contributed by atoms with Crippen LogP contribution in [-0.2, 0) is 6.42 Å². The summed E-state index contributed by atoms with van der Waals surface area (Å²) in [7, 11) is 0. The Labute approximate surface area is 86.0 Å². The molecule has 1 rings (SSSR count). The Hall–Kier alpha value is -0.470. The summed E-state index contributed by atoms with van der Waals surface area (Å²) in [4.78, 5) is 0. The lowest BCUT2D eigenvalue weighted by atomic mass is 10.1. The van der Waals surface area contributed by atoms with Gasteiger partial charge in [0, 0.05) is 18.3 Å². The maximum absolute atomic E-state index is 4.16. The number of nitrogens with one attached hydrogen (secondary N) is 1. The fourth-order valence-electron chi connectivity index (χ4n) is 1.35. The predicted octanol–water partition coefficient (Wildman–Crippen LogP) is 2.14. The molecule has 72 valence electrons. The van der Waals surface area contributed by atoms with Crippen molar-refractivity contribution >= 4 is 12.6 Å². The van der Waals surface area contributed by atoms with Gasteiger partial charge in [0.2, 0.25) is 0 Å². The molecule has 1 aromatic rings. The third-order valence-corrected chi connectivity index (χ3v) is 2.21. The van der Waals surface area contributed by atoms with Crippen LogP contribution in [0.1, 0.15) is 12.5 Å². The van der Waals surface area contributed by atoms with Crippen molar-refractivity contribution in [2.45, 2.75) is 19.4 Å². The van der Waals surface area contributed by atoms with E-state index in [-0.39, 0.29) is 0 Å². The summed E-state index contributed by atoms with van der Waals surface area (Å²) < 4.78 is 0. The number of hydrogen-bond acceptors (Lipinski definition) is 2. The summed E-state index contributed by atoms with van der Waals surface area (Å²) in [6.45, 7) is 3.19. The number of rotatable bonds is 5. The summed E-state index contributed by atoms with van der Waals surface area (Å²) in [5.41, 5.74) is 1.39. The molecule has 1 atom stereocenters. The predicted molar refractivity (Wildman–Crippen MR) is 61.5 cm³/mol. The summed E-state index contributed by atoms with van der Waals surface area (Å²) in [5.74, 6) is 0.902. The van der Waals surface area contributed by atoms with Gasteiger partial charge in [0.25, 0.3) is 0 Å². The monoisotopic (exact) mass is 195 g/mol. The van der Waals surface area contributed by atoms with Crippen LogP contribution < -0.4 is 5.32 Å². The molecule has 1 N–H and O–H groups in total. The largest absolute Gasteiger partial charge is 0.313 e. The third kappa shape index (κ3) is 4.34. The molecule has 1 aromatic carbocycles. The van der Waals surface area contributed by atoms with Gasteiger partial charge in [-0.25, -0.2) is 0 Å². The minimum atomic E-state index is 0.537. The lowest BCUT2D eigenvalue weighted by Gasteiger charge is -2.12. The molecule has 1 nitrogen and oxygen atoms in total. The fourth-order valence-corrected chi connectivity index (χ4v) is 1.48. The van der Waals surface area contributed by atoms with Gasteiger partial charge in [-0.05, 0) is 18.9 Å². The Morgan fingerprint density at radius 2 is 2.00 bits per heavy atom. The minimum Gasteiger partial charge on any atom is -0.313 e. The summed E-state index contributed by atoms with van der Waals surface area (Å²) in [6.07, 6.45) is 1.09. The average molecular weight is 195 g/mol. The van der Waals surface area contributed by atoms with Crippen LogP contribution in [0.4, 0.5) is 0 Å². The van der Waals surface area contributed by atoms with E-state index < -0.39 is 0 Å². The molecular weight excluding hydrogens is 178 g/mol. The van der Waals surface area contributed by atoms with E-state index in [2.05, 4.69) is 55.2 Å². The van der Waals surface area contributed by atoms with Crippen LogP contribution in [0.3, 0.4) is 0 Å². The molecule has 0 heterocycles. The second-order valence-electron chi connectivity index (χ2n) is 3.27. The third-order valence-electron chi connectivity index (χ3n) is 1.99. The Morgan fingerprint density at radius 1 is 1.31 bits per heavy atom. The van der Waals surface area contributed by atoms with Gasteiger partial charge in [0.05, 0.1) is 0 Å². The Kier molecular flexibility index (Phi) is 4.94. The molecule has 1 unspecified atom stereocenters. The summed E-state index contributed by atoms with van der Waals surface area (Å²) >= 11 is 4.16. The molecular formula is C11H17NS. The normalized spacial score (nSPS) is 12.8. The molecule has 0 radical (unpaired) electrons. The lowest BCUT2D eigenvalue weighted by Crippen LogP contribution is -2.29. The quantitative estimate of drug-likeness (QED) is 0.686. The molecule has 0 aliphatic carbocycles. The van der Waals surface area contributed by atoms with E-state index in [0.29, 0.717) is 6.04 Å².